The van der Waals surface area contributed by atoms with Gasteiger partial charge >= 0.3 is 6.18 Å². The number of amides is 2. The van der Waals surface area contributed by atoms with E-state index in [9.17, 15) is 22.8 Å². The van der Waals surface area contributed by atoms with Crippen LogP contribution in [0.2, 0.25) is 0 Å². The lowest BCUT2D eigenvalue weighted by molar-refractivity contribution is -0.137. The first-order valence-corrected chi connectivity index (χ1v) is 12.9. The molecule has 0 saturated carbocycles. The summed E-state index contributed by atoms with van der Waals surface area (Å²) in [7, 11) is 0. The molecule has 4 aromatic carbocycles. The highest BCUT2D eigenvalue weighted by Gasteiger charge is 2.30. The standard InChI is InChI=1S/C30H21F3N4O2S/c31-30(32,33)23-14-12-20(13-15-23)25-6-1-2-7-26(25)29(39)35-24-5-3-4-22(16-24)28(38)34-17-19-8-10-21(11-9-19)27-18-40-37-36-27/h1-16,18H,17H2,(H,34,38)(H,35,39). The first-order valence-electron chi connectivity index (χ1n) is 12.1. The van der Waals surface area contributed by atoms with Crippen molar-refractivity contribution in [2.45, 2.75) is 12.7 Å². The van der Waals surface area contributed by atoms with Crippen molar-refractivity contribution in [3.63, 3.8) is 0 Å². The zero-order valence-corrected chi connectivity index (χ0v) is 21.6. The number of carbonyl (C=O) groups excluding carboxylic acids is 2. The first kappa shape index (κ1) is 26.8. The number of anilines is 1. The minimum atomic E-state index is -4.45. The maximum absolute atomic E-state index is 13.1. The third-order valence-electron chi connectivity index (χ3n) is 6.14. The van der Waals surface area contributed by atoms with E-state index in [2.05, 4.69) is 20.2 Å². The molecule has 2 N–H and O–H groups in total. The third-order valence-corrected chi connectivity index (χ3v) is 6.64. The summed E-state index contributed by atoms with van der Waals surface area (Å²) in [4.78, 5) is 25.9. The molecule has 10 heteroatoms. The van der Waals surface area contributed by atoms with E-state index in [0.717, 1.165) is 29.0 Å². The van der Waals surface area contributed by atoms with Gasteiger partial charge in [0.15, 0.2) is 0 Å². The highest BCUT2D eigenvalue weighted by atomic mass is 32.1. The molecule has 0 spiro atoms. The van der Waals surface area contributed by atoms with Gasteiger partial charge in [-0.3, -0.25) is 9.59 Å². The Balaban J connectivity index is 1.25. The second kappa shape index (κ2) is 11.5. The Bertz CT molecular complexity index is 1640. The molecule has 5 rings (SSSR count). The number of halogens is 3. The summed E-state index contributed by atoms with van der Waals surface area (Å²) in [6, 6.07) is 25.4. The average Bonchev–Trinajstić information content (AvgIpc) is 3.51. The number of nitrogens with one attached hydrogen (secondary N) is 2. The number of carbonyl (C=O) groups is 2. The fourth-order valence-corrected chi connectivity index (χ4v) is 4.54. The second-order valence-corrected chi connectivity index (χ2v) is 9.44. The van der Waals surface area contributed by atoms with Crippen LogP contribution in [-0.4, -0.2) is 21.4 Å². The van der Waals surface area contributed by atoms with E-state index in [0.29, 0.717) is 28.9 Å². The van der Waals surface area contributed by atoms with Gasteiger partial charge in [0.2, 0.25) is 0 Å². The molecule has 0 saturated heterocycles. The smallest absolute Gasteiger partial charge is 0.348 e. The minimum Gasteiger partial charge on any atom is -0.348 e. The van der Waals surface area contributed by atoms with Gasteiger partial charge in [0, 0.05) is 34.3 Å². The van der Waals surface area contributed by atoms with Crippen LogP contribution in [0.4, 0.5) is 18.9 Å². The van der Waals surface area contributed by atoms with Gasteiger partial charge in [0.1, 0.15) is 5.69 Å². The van der Waals surface area contributed by atoms with Crippen LogP contribution < -0.4 is 10.6 Å². The van der Waals surface area contributed by atoms with Crippen LogP contribution in [0.5, 0.6) is 0 Å². The number of aromatic nitrogens is 2. The molecule has 6 nitrogen and oxygen atoms in total. The Morgan fingerprint density at radius 2 is 1.52 bits per heavy atom. The topological polar surface area (TPSA) is 84.0 Å². The molecule has 2 amide bonds. The molecule has 5 aromatic rings. The van der Waals surface area contributed by atoms with Crippen molar-refractivity contribution in [1.29, 1.82) is 0 Å². The quantitative estimate of drug-likeness (QED) is 0.224. The average molecular weight is 559 g/mol. The van der Waals surface area contributed by atoms with E-state index in [1.807, 2.05) is 29.6 Å². The van der Waals surface area contributed by atoms with Crippen molar-refractivity contribution in [2.24, 2.45) is 0 Å². The fraction of sp³-hybridized carbons (Fsp3) is 0.0667. The van der Waals surface area contributed by atoms with Crippen LogP contribution in [0.15, 0.2) is 102 Å². The Morgan fingerprint density at radius 1 is 0.800 bits per heavy atom. The number of rotatable bonds is 7. The fourth-order valence-electron chi connectivity index (χ4n) is 4.08. The SMILES string of the molecule is O=C(NCc1ccc(-c2csnn2)cc1)c1cccc(NC(=O)c2ccccc2-c2ccc(C(F)(F)F)cc2)c1. The number of benzene rings is 4. The molecule has 0 fully saturated rings. The number of alkyl halides is 3. The van der Waals surface area contributed by atoms with Gasteiger partial charge in [-0.25, -0.2) is 0 Å². The molecule has 0 aliphatic rings. The van der Waals surface area contributed by atoms with Crippen molar-refractivity contribution in [3.8, 4) is 22.4 Å². The molecular formula is C30H21F3N4O2S. The van der Waals surface area contributed by atoms with E-state index in [1.165, 1.54) is 23.7 Å². The number of nitrogens with zero attached hydrogens (tertiary/aromatic N) is 2. The second-order valence-electron chi connectivity index (χ2n) is 8.83. The molecule has 200 valence electrons. The summed E-state index contributed by atoms with van der Waals surface area (Å²) in [6.45, 7) is 0.311. The molecule has 0 unspecified atom stereocenters. The van der Waals surface area contributed by atoms with Crippen LogP contribution in [0.25, 0.3) is 22.4 Å². The molecule has 0 aliphatic heterocycles. The van der Waals surface area contributed by atoms with Crippen LogP contribution in [-0.2, 0) is 12.7 Å². The van der Waals surface area contributed by atoms with Crippen LogP contribution in [0.3, 0.4) is 0 Å². The molecule has 40 heavy (non-hydrogen) atoms. The van der Waals surface area contributed by atoms with Gasteiger partial charge in [-0.2, -0.15) is 13.2 Å². The summed E-state index contributed by atoms with van der Waals surface area (Å²) < 4.78 is 42.7. The van der Waals surface area contributed by atoms with Crippen molar-refractivity contribution in [2.75, 3.05) is 5.32 Å². The van der Waals surface area contributed by atoms with E-state index in [-0.39, 0.29) is 11.5 Å². The van der Waals surface area contributed by atoms with Gasteiger partial charge in [0.25, 0.3) is 11.8 Å². The van der Waals surface area contributed by atoms with E-state index in [4.69, 9.17) is 0 Å². The highest BCUT2D eigenvalue weighted by molar-refractivity contribution is 7.03. The summed E-state index contributed by atoms with van der Waals surface area (Å²) in [6.07, 6.45) is -4.45. The zero-order chi connectivity index (χ0) is 28.1. The minimum absolute atomic E-state index is 0.286. The molecule has 0 atom stereocenters. The Kier molecular flexibility index (Phi) is 7.70. The lowest BCUT2D eigenvalue weighted by atomic mass is 9.98. The number of hydrogen-bond acceptors (Lipinski definition) is 5. The van der Waals surface area contributed by atoms with Gasteiger partial charge in [-0.05, 0) is 64.6 Å². The van der Waals surface area contributed by atoms with E-state index in [1.54, 1.807) is 48.5 Å². The van der Waals surface area contributed by atoms with Gasteiger partial charge in [-0.15, -0.1) is 5.10 Å². The predicted octanol–water partition coefficient (Wildman–Crippen LogP) is 7.07. The summed E-state index contributed by atoms with van der Waals surface area (Å²) in [5.74, 6) is -0.766. The third kappa shape index (κ3) is 6.24. The summed E-state index contributed by atoms with van der Waals surface area (Å²) in [5.41, 5.74) is 3.88. The van der Waals surface area contributed by atoms with Crippen LogP contribution in [0, 0.1) is 0 Å². The Hall–Kier alpha value is -4.83. The lowest BCUT2D eigenvalue weighted by Crippen LogP contribution is -2.23. The maximum atomic E-state index is 13.1. The summed E-state index contributed by atoms with van der Waals surface area (Å²) >= 11 is 1.28. The molecule has 1 aromatic heterocycles. The van der Waals surface area contributed by atoms with E-state index >= 15 is 0 Å². The van der Waals surface area contributed by atoms with Crippen molar-refractivity contribution < 1.29 is 22.8 Å². The van der Waals surface area contributed by atoms with Gasteiger partial charge < -0.3 is 10.6 Å². The molecule has 0 radical (unpaired) electrons. The Labute approximate surface area is 231 Å². The first-order chi connectivity index (χ1) is 19.3. The van der Waals surface area contributed by atoms with E-state index < -0.39 is 17.6 Å². The van der Waals surface area contributed by atoms with Crippen molar-refractivity contribution in [3.05, 3.63) is 125 Å². The Morgan fingerprint density at radius 3 is 2.23 bits per heavy atom. The predicted molar refractivity (Wildman–Crippen MR) is 148 cm³/mol. The zero-order valence-electron chi connectivity index (χ0n) is 20.8. The maximum Gasteiger partial charge on any atom is 0.416 e. The van der Waals surface area contributed by atoms with Crippen LogP contribution in [0.1, 0.15) is 31.8 Å². The van der Waals surface area contributed by atoms with Gasteiger partial charge in [0.05, 0.1) is 5.56 Å². The molecule has 0 bridgehead atoms. The summed E-state index contributed by atoms with van der Waals surface area (Å²) in [5, 5.41) is 11.6. The normalized spacial score (nSPS) is 11.2. The molecule has 1 heterocycles. The van der Waals surface area contributed by atoms with Gasteiger partial charge in [-0.1, -0.05) is 65.2 Å². The molecular weight excluding hydrogens is 537 g/mol. The van der Waals surface area contributed by atoms with Crippen molar-refractivity contribution >= 4 is 29.0 Å². The molecule has 0 aliphatic carbocycles. The van der Waals surface area contributed by atoms with Crippen molar-refractivity contribution in [1.82, 2.24) is 14.9 Å². The highest BCUT2D eigenvalue weighted by Crippen LogP contribution is 2.32. The van der Waals surface area contributed by atoms with Crippen LogP contribution >= 0.6 is 11.5 Å². The lowest BCUT2D eigenvalue weighted by Gasteiger charge is -2.13. The largest absolute Gasteiger partial charge is 0.416 e. The number of hydrogen-bond donors (Lipinski definition) is 2. The monoisotopic (exact) mass is 558 g/mol.